The summed E-state index contributed by atoms with van der Waals surface area (Å²) in [6.45, 7) is 2.62. The van der Waals surface area contributed by atoms with Crippen LogP contribution in [0.15, 0.2) is 18.2 Å². The van der Waals surface area contributed by atoms with Crippen LogP contribution in [-0.2, 0) is 0 Å². The lowest BCUT2D eigenvalue weighted by Gasteiger charge is -2.20. The van der Waals surface area contributed by atoms with Gasteiger partial charge < -0.3 is 25.0 Å². The smallest absolute Gasteiger partial charge is 0.161 e. The first-order valence-corrected chi connectivity index (χ1v) is 6.70. The van der Waals surface area contributed by atoms with Gasteiger partial charge >= 0.3 is 0 Å². The molecule has 1 atom stereocenters. The first kappa shape index (κ1) is 14.1. The number of hydrogen-bond donors (Lipinski definition) is 3. The molecule has 1 aliphatic heterocycles. The number of benzene rings is 1. The van der Waals surface area contributed by atoms with Gasteiger partial charge in [0.25, 0.3) is 0 Å². The summed E-state index contributed by atoms with van der Waals surface area (Å²) in [4.78, 5) is 0. The van der Waals surface area contributed by atoms with Gasteiger partial charge in [-0.2, -0.15) is 0 Å². The zero-order valence-electron chi connectivity index (χ0n) is 11.0. The van der Waals surface area contributed by atoms with E-state index in [-0.39, 0.29) is 6.61 Å². The highest BCUT2D eigenvalue weighted by molar-refractivity contribution is 5.44. The Balaban J connectivity index is 1.83. The quantitative estimate of drug-likeness (QED) is 0.639. The van der Waals surface area contributed by atoms with Gasteiger partial charge in [0.05, 0.1) is 6.10 Å². The van der Waals surface area contributed by atoms with E-state index in [9.17, 15) is 5.11 Å². The Morgan fingerprint density at radius 1 is 1.16 bits per heavy atom. The van der Waals surface area contributed by atoms with Crippen molar-refractivity contribution in [3.8, 4) is 11.5 Å². The van der Waals surface area contributed by atoms with Crippen molar-refractivity contribution in [1.29, 1.82) is 0 Å². The Hall–Kier alpha value is -1.30. The molecule has 5 nitrogen and oxygen atoms in total. The standard InChI is InChI=1S/C14H21NO4/c16-6-2-1-5-15-10-12(17)11-3-4-13-14(9-11)19-8-7-18-13/h3-4,9,12,15-17H,1-2,5-8,10H2. The van der Waals surface area contributed by atoms with Crippen LogP contribution < -0.4 is 14.8 Å². The molecule has 0 aliphatic carbocycles. The number of ether oxygens (including phenoxy) is 2. The number of aliphatic hydroxyl groups is 2. The molecule has 1 heterocycles. The summed E-state index contributed by atoms with van der Waals surface area (Å²) in [6, 6.07) is 5.51. The summed E-state index contributed by atoms with van der Waals surface area (Å²) in [5.41, 5.74) is 0.818. The summed E-state index contributed by atoms with van der Waals surface area (Å²) in [5.74, 6) is 1.43. The molecule has 0 fully saturated rings. The van der Waals surface area contributed by atoms with Gasteiger partial charge in [0, 0.05) is 13.2 Å². The molecule has 5 heteroatoms. The van der Waals surface area contributed by atoms with Gasteiger partial charge in [-0.1, -0.05) is 6.07 Å². The predicted octanol–water partition coefficient (Wildman–Crippen LogP) is 0.853. The SMILES string of the molecule is OCCCCNCC(O)c1ccc2c(c1)OCCO2. The molecule has 0 bridgehead atoms. The molecular formula is C14H21NO4. The average molecular weight is 267 g/mol. The van der Waals surface area contributed by atoms with Crippen molar-refractivity contribution in [3.05, 3.63) is 23.8 Å². The lowest BCUT2D eigenvalue weighted by Crippen LogP contribution is -2.23. The summed E-state index contributed by atoms with van der Waals surface area (Å²) >= 11 is 0. The van der Waals surface area contributed by atoms with E-state index in [1.807, 2.05) is 18.2 Å². The molecule has 0 aromatic heterocycles. The Morgan fingerprint density at radius 3 is 2.74 bits per heavy atom. The number of unbranched alkanes of at least 4 members (excludes halogenated alkanes) is 1. The first-order valence-electron chi connectivity index (χ1n) is 6.70. The molecule has 2 rings (SSSR count). The van der Waals surface area contributed by atoms with Crippen molar-refractivity contribution in [2.24, 2.45) is 0 Å². The third-order valence-electron chi connectivity index (χ3n) is 3.05. The van der Waals surface area contributed by atoms with Crippen LogP contribution >= 0.6 is 0 Å². The number of nitrogens with one attached hydrogen (secondary N) is 1. The van der Waals surface area contributed by atoms with Gasteiger partial charge in [-0.25, -0.2) is 0 Å². The summed E-state index contributed by atoms with van der Waals surface area (Å²) < 4.78 is 10.9. The molecule has 3 N–H and O–H groups in total. The Labute approximate surface area is 113 Å². The Kier molecular flexibility index (Phi) is 5.44. The maximum atomic E-state index is 10.1. The Morgan fingerprint density at radius 2 is 1.95 bits per heavy atom. The van der Waals surface area contributed by atoms with Crippen LogP contribution in [0.5, 0.6) is 11.5 Å². The largest absolute Gasteiger partial charge is 0.486 e. The van der Waals surface area contributed by atoms with Crippen LogP contribution in [0.3, 0.4) is 0 Å². The maximum Gasteiger partial charge on any atom is 0.161 e. The fourth-order valence-corrected chi connectivity index (χ4v) is 1.99. The molecule has 0 radical (unpaired) electrons. The lowest BCUT2D eigenvalue weighted by atomic mass is 10.1. The molecular weight excluding hydrogens is 246 g/mol. The van der Waals surface area contributed by atoms with Crippen LogP contribution in [-0.4, -0.2) is 43.1 Å². The third-order valence-corrected chi connectivity index (χ3v) is 3.05. The van der Waals surface area contributed by atoms with Crippen LogP contribution in [0.2, 0.25) is 0 Å². The van der Waals surface area contributed by atoms with Crippen molar-refractivity contribution in [3.63, 3.8) is 0 Å². The van der Waals surface area contributed by atoms with E-state index in [0.29, 0.717) is 25.5 Å². The van der Waals surface area contributed by atoms with Gasteiger partial charge in [0.15, 0.2) is 11.5 Å². The van der Waals surface area contributed by atoms with Crippen LogP contribution in [0, 0.1) is 0 Å². The molecule has 1 unspecified atom stereocenters. The molecule has 1 aromatic carbocycles. The minimum absolute atomic E-state index is 0.215. The normalized spacial score (nSPS) is 15.3. The topological polar surface area (TPSA) is 71.0 Å². The Bertz CT molecular complexity index is 397. The van der Waals surface area contributed by atoms with Gasteiger partial charge in [0.2, 0.25) is 0 Å². The zero-order chi connectivity index (χ0) is 13.5. The monoisotopic (exact) mass is 267 g/mol. The summed E-state index contributed by atoms with van der Waals surface area (Å²) in [7, 11) is 0. The molecule has 0 amide bonds. The van der Waals surface area contributed by atoms with Crippen molar-refractivity contribution in [1.82, 2.24) is 5.32 Å². The highest BCUT2D eigenvalue weighted by Gasteiger charge is 2.15. The van der Waals surface area contributed by atoms with Crippen LogP contribution in [0.4, 0.5) is 0 Å². The van der Waals surface area contributed by atoms with Gasteiger partial charge in [0.1, 0.15) is 13.2 Å². The molecule has 0 spiro atoms. The highest BCUT2D eigenvalue weighted by atomic mass is 16.6. The molecule has 1 aromatic rings. The summed E-state index contributed by atoms with van der Waals surface area (Å²) in [5, 5.41) is 21.9. The molecule has 0 saturated carbocycles. The second-order valence-electron chi connectivity index (χ2n) is 4.55. The van der Waals surface area contributed by atoms with Crippen molar-refractivity contribution in [2.75, 3.05) is 32.9 Å². The van der Waals surface area contributed by atoms with Crippen molar-refractivity contribution < 1.29 is 19.7 Å². The fraction of sp³-hybridized carbons (Fsp3) is 0.571. The minimum Gasteiger partial charge on any atom is -0.486 e. The number of aliphatic hydroxyl groups excluding tert-OH is 2. The molecule has 1 aliphatic rings. The predicted molar refractivity (Wildman–Crippen MR) is 71.6 cm³/mol. The van der Waals surface area contributed by atoms with Crippen molar-refractivity contribution in [2.45, 2.75) is 18.9 Å². The van der Waals surface area contributed by atoms with E-state index in [4.69, 9.17) is 14.6 Å². The van der Waals surface area contributed by atoms with E-state index in [1.54, 1.807) is 0 Å². The first-order chi connectivity index (χ1) is 9.31. The number of fused-ring (bicyclic) bond motifs is 1. The van der Waals surface area contributed by atoms with E-state index in [1.165, 1.54) is 0 Å². The van der Waals surface area contributed by atoms with E-state index < -0.39 is 6.10 Å². The number of rotatable bonds is 7. The molecule has 19 heavy (non-hydrogen) atoms. The zero-order valence-corrected chi connectivity index (χ0v) is 11.0. The highest BCUT2D eigenvalue weighted by Crippen LogP contribution is 2.32. The van der Waals surface area contributed by atoms with Crippen LogP contribution in [0.1, 0.15) is 24.5 Å². The number of hydrogen-bond acceptors (Lipinski definition) is 5. The van der Waals surface area contributed by atoms with Gasteiger partial charge in [-0.15, -0.1) is 0 Å². The lowest BCUT2D eigenvalue weighted by molar-refractivity contribution is 0.163. The average Bonchev–Trinajstić information content (AvgIpc) is 2.46. The van der Waals surface area contributed by atoms with E-state index in [0.717, 1.165) is 30.7 Å². The molecule has 0 saturated heterocycles. The van der Waals surface area contributed by atoms with Crippen LogP contribution in [0.25, 0.3) is 0 Å². The van der Waals surface area contributed by atoms with Gasteiger partial charge in [-0.3, -0.25) is 0 Å². The minimum atomic E-state index is -0.565. The fourth-order valence-electron chi connectivity index (χ4n) is 1.99. The maximum absolute atomic E-state index is 10.1. The van der Waals surface area contributed by atoms with Crippen molar-refractivity contribution >= 4 is 0 Å². The second kappa shape index (κ2) is 7.33. The van der Waals surface area contributed by atoms with Gasteiger partial charge in [-0.05, 0) is 37.1 Å². The van der Waals surface area contributed by atoms with E-state index >= 15 is 0 Å². The van der Waals surface area contributed by atoms with E-state index in [2.05, 4.69) is 5.32 Å². The third kappa shape index (κ3) is 4.09. The summed E-state index contributed by atoms with van der Waals surface area (Å²) in [6.07, 6.45) is 1.13. The second-order valence-corrected chi connectivity index (χ2v) is 4.55. The molecule has 106 valence electrons.